The third-order valence-corrected chi connectivity index (χ3v) is 3.53. The predicted molar refractivity (Wildman–Crippen MR) is 75.7 cm³/mol. The normalized spacial score (nSPS) is 16.4. The molecule has 0 spiro atoms. The van der Waals surface area contributed by atoms with Crippen molar-refractivity contribution in [2.45, 2.75) is 31.8 Å². The maximum atomic E-state index is 11.9. The molecule has 1 aromatic carbocycles. The smallest absolute Gasteiger partial charge is 0.241 e. The number of anilines is 1. The van der Waals surface area contributed by atoms with Crippen molar-refractivity contribution in [1.29, 1.82) is 0 Å². The van der Waals surface area contributed by atoms with Gasteiger partial charge in [-0.1, -0.05) is 34.8 Å². The molecule has 0 unspecified atom stereocenters. The van der Waals surface area contributed by atoms with Gasteiger partial charge in [-0.05, 0) is 31.9 Å². The lowest BCUT2D eigenvalue weighted by molar-refractivity contribution is -0.117. The van der Waals surface area contributed by atoms with E-state index >= 15 is 0 Å². The van der Waals surface area contributed by atoms with E-state index in [2.05, 4.69) is 10.6 Å². The van der Waals surface area contributed by atoms with E-state index in [4.69, 9.17) is 34.8 Å². The van der Waals surface area contributed by atoms with Crippen LogP contribution >= 0.6 is 34.8 Å². The van der Waals surface area contributed by atoms with E-state index < -0.39 is 0 Å². The molecule has 2 N–H and O–H groups in total. The van der Waals surface area contributed by atoms with Gasteiger partial charge in [-0.25, -0.2) is 0 Å². The summed E-state index contributed by atoms with van der Waals surface area (Å²) in [6.45, 7) is 1.81. The maximum absolute atomic E-state index is 11.9. The number of hydrogen-bond acceptors (Lipinski definition) is 2. The number of halogens is 3. The van der Waals surface area contributed by atoms with Crippen molar-refractivity contribution in [2.75, 3.05) is 5.32 Å². The van der Waals surface area contributed by atoms with Crippen LogP contribution in [0.15, 0.2) is 12.1 Å². The molecule has 1 aromatic rings. The summed E-state index contributed by atoms with van der Waals surface area (Å²) >= 11 is 17.8. The summed E-state index contributed by atoms with van der Waals surface area (Å²) in [5.41, 5.74) is 0.400. The summed E-state index contributed by atoms with van der Waals surface area (Å²) in [6, 6.07) is 3.27. The summed E-state index contributed by atoms with van der Waals surface area (Å²) < 4.78 is 0. The van der Waals surface area contributed by atoms with Gasteiger partial charge in [0.25, 0.3) is 0 Å². The molecule has 2 rings (SSSR count). The molecule has 6 heteroatoms. The zero-order valence-corrected chi connectivity index (χ0v) is 12.0. The van der Waals surface area contributed by atoms with E-state index in [0.29, 0.717) is 26.8 Å². The minimum atomic E-state index is -0.277. The van der Waals surface area contributed by atoms with Crippen molar-refractivity contribution >= 4 is 46.4 Å². The van der Waals surface area contributed by atoms with Crippen molar-refractivity contribution in [3.05, 3.63) is 27.2 Å². The molecule has 0 saturated heterocycles. The molecule has 1 fully saturated rings. The highest BCUT2D eigenvalue weighted by molar-refractivity contribution is 6.42. The van der Waals surface area contributed by atoms with E-state index in [9.17, 15) is 4.79 Å². The number of carbonyl (C=O) groups is 1. The monoisotopic (exact) mass is 306 g/mol. The number of carbonyl (C=O) groups excluding carboxylic acids is 1. The van der Waals surface area contributed by atoms with E-state index in [-0.39, 0.29) is 11.9 Å². The molecule has 1 aliphatic carbocycles. The Bertz CT molecular complexity index is 451. The van der Waals surface area contributed by atoms with Gasteiger partial charge in [-0.2, -0.15) is 0 Å². The Hall–Kier alpha value is -0.480. The maximum Gasteiger partial charge on any atom is 0.241 e. The first-order valence-electron chi connectivity index (χ1n) is 5.69. The van der Waals surface area contributed by atoms with Crippen LogP contribution in [0.4, 0.5) is 5.69 Å². The third-order valence-electron chi connectivity index (χ3n) is 2.71. The van der Waals surface area contributed by atoms with Crippen LogP contribution in [0.3, 0.4) is 0 Å². The quantitative estimate of drug-likeness (QED) is 0.890. The Labute approximate surface area is 121 Å². The molecule has 0 heterocycles. The van der Waals surface area contributed by atoms with E-state index in [1.54, 1.807) is 12.1 Å². The van der Waals surface area contributed by atoms with E-state index in [1.165, 1.54) is 0 Å². The highest BCUT2D eigenvalue weighted by Crippen LogP contribution is 2.33. The zero-order chi connectivity index (χ0) is 13.3. The van der Waals surface area contributed by atoms with Gasteiger partial charge in [0, 0.05) is 11.1 Å². The van der Waals surface area contributed by atoms with Crippen molar-refractivity contribution in [3.63, 3.8) is 0 Å². The summed E-state index contributed by atoms with van der Waals surface area (Å²) in [5, 5.41) is 7.02. The molecule has 1 amide bonds. The summed E-state index contributed by atoms with van der Waals surface area (Å²) in [6.07, 6.45) is 2.25. The molecular weight excluding hydrogens is 295 g/mol. The Morgan fingerprint density at radius 3 is 2.33 bits per heavy atom. The molecule has 0 radical (unpaired) electrons. The largest absolute Gasteiger partial charge is 0.322 e. The van der Waals surface area contributed by atoms with Crippen LogP contribution in [0.1, 0.15) is 19.8 Å². The van der Waals surface area contributed by atoms with Gasteiger partial charge >= 0.3 is 0 Å². The number of hydrogen-bond donors (Lipinski definition) is 2. The molecule has 3 nitrogen and oxygen atoms in total. The lowest BCUT2D eigenvalue weighted by Crippen LogP contribution is -2.39. The molecule has 0 aromatic heterocycles. The topological polar surface area (TPSA) is 41.1 Å². The van der Waals surface area contributed by atoms with Gasteiger partial charge in [-0.3, -0.25) is 4.79 Å². The average molecular weight is 308 g/mol. The fourth-order valence-corrected chi connectivity index (χ4v) is 2.48. The summed E-state index contributed by atoms with van der Waals surface area (Å²) in [5.74, 6) is -0.159. The van der Waals surface area contributed by atoms with Gasteiger partial charge in [-0.15, -0.1) is 0 Å². The zero-order valence-electron chi connectivity index (χ0n) is 9.77. The summed E-state index contributed by atoms with van der Waals surface area (Å²) in [4.78, 5) is 11.9. The van der Waals surface area contributed by atoms with Crippen molar-refractivity contribution in [3.8, 4) is 0 Å². The Morgan fingerprint density at radius 2 is 1.83 bits per heavy atom. The third kappa shape index (κ3) is 3.51. The number of benzene rings is 1. The molecule has 0 aliphatic heterocycles. The van der Waals surface area contributed by atoms with Crippen LogP contribution in [0.5, 0.6) is 0 Å². The summed E-state index contributed by atoms with van der Waals surface area (Å²) in [7, 11) is 0. The molecule has 1 atom stereocenters. The number of rotatable bonds is 4. The molecule has 18 heavy (non-hydrogen) atoms. The predicted octanol–water partition coefficient (Wildman–Crippen LogP) is 3.73. The molecule has 98 valence electrons. The van der Waals surface area contributed by atoms with Crippen LogP contribution in [-0.4, -0.2) is 18.0 Å². The van der Waals surface area contributed by atoms with Crippen molar-refractivity contribution in [1.82, 2.24) is 5.32 Å². The fourth-order valence-electron chi connectivity index (χ4n) is 1.57. The van der Waals surface area contributed by atoms with Crippen LogP contribution in [0.25, 0.3) is 0 Å². The van der Waals surface area contributed by atoms with Crippen LogP contribution in [-0.2, 0) is 4.79 Å². The Kier molecular flexibility index (Phi) is 4.38. The van der Waals surface area contributed by atoms with Gasteiger partial charge in [0.05, 0.1) is 21.8 Å². The second-order valence-electron chi connectivity index (χ2n) is 4.40. The van der Waals surface area contributed by atoms with E-state index in [0.717, 1.165) is 12.8 Å². The molecule has 0 bridgehead atoms. The average Bonchev–Trinajstić information content (AvgIpc) is 3.06. The van der Waals surface area contributed by atoms with Crippen molar-refractivity contribution < 1.29 is 4.79 Å². The first-order valence-corrected chi connectivity index (χ1v) is 6.82. The Balaban J connectivity index is 2.06. The lowest BCUT2D eigenvalue weighted by Gasteiger charge is -2.15. The first kappa shape index (κ1) is 13.9. The second kappa shape index (κ2) is 5.66. The van der Waals surface area contributed by atoms with Crippen LogP contribution in [0.2, 0.25) is 15.1 Å². The highest BCUT2D eigenvalue weighted by Gasteiger charge is 2.26. The van der Waals surface area contributed by atoms with E-state index in [1.807, 2.05) is 6.92 Å². The minimum Gasteiger partial charge on any atom is -0.322 e. The lowest BCUT2D eigenvalue weighted by atomic mass is 10.2. The molecule has 1 aliphatic rings. The van der Waals surface area contributed by atoms with Gasteiger partial charge in [0.1, 0.15) is 0 Å². The van der Waals surface area contributed by atoms with Gasteiger partial charge < -0.3 is 10.6 Å². The minimum absolute atomic E-state index is 0.159. The van der Waals surface area contributed by atoms with Crippen LogP contribution in [0, 0.1) is 0 Å². The van der Waals surface area contributed by atoms with Gasteiger partial charge in [0.15, 0.2) is 0 Å². The number of nitrogens with one attached hydrogen (secondary N) is 2. The fraction of sp³-hybridized carbons (Fsp3) is 0.417. The van der Waals surface area contributed by atoms with Crippen molar-refractivity contribution in [2.24, 2.45) is 0 Å². The van der Waals surface area contributed by atoms with Crippen LogP contribution < -0.4 is 10.6 Å². The molecule has 1 saturated carbocycles. The first-order chi connectivity index (χ1) is 8.47. The highest BCUT2D eigenvalue weighted by atomic mass is 35.5. The SMILES string of the molecule is C[C@H](NC1CC1)C(=O)Nc1c(Cl)cc(Cl)cc1Cl. The van der Waals surface area contributed by atoms with Gasteiger partial charge in [0.2, 0.25) is 5.91 Å². The standard InChI is InChI=1S/C12H13Cl3N2O/c1-6(16-8-2-3-8)12(18)17-11-9(14)4-7(13)5-10(11)15/h4-6,8,16H,2-3H2,1H3,(H,17,18)/t6-/m0/s1. The Morgan fingerprint density at radius 1 is 1.28 bits per heavy atom. The molecular formula is C12H13Cl3N2O. The second-order valence-corrected chi connectivity index (χ2v) is 5.65. The number of amides is 1.